The van der Waals surface area contributed by atoms with E-state index in [4.69, 9.17) is 0 Å². The van der Waals surface area contributed by atoms with Gasteiger partial charge in [-0.15, -0.1) is 0 Å². The zero-order chi connectivity index (χ0) is 13.0. The minimum Gasteiger partial charge on any atom is -0.310 e. The number of thioether (sulfide) groups is 1. The van der Waals surface area contributed by atoms with E-state index in [9.17, 15) is 0 Å². The standard InChI is InChI=1S/C13H22BrN3S/c1-3-11-13(14)12(17(2)16-11)9-15-8-10-6-4-5-7-18-10/h10,15H,3-9H2,1-2H3. The van der Waals surface area contributed by atoms with E-state index < -0.39 is 0 Å². The van der Waals surface area contributed by atoms with Gasteiger partial charge in [0.2, 0.25) is 0 Å². The molecule has 0 aromatic carbocycles. The predicted octanol–water partition coefficient (Wildman–Crippen LogP) is 3.12. The van der Waals surface area contributed by atoms with Crippen molar-refractivity contribution in [2.24, 2.45) is 7.05 Å². The molecule has 0 saturated carbocycles. The van der Waals surface area contributed by atoms with Gasteiger partial charge in [0.1, 0.15) is 0 Å². The van der Waals surface area contributed by atoms with Crippen molar-refractivity contribution in [3.8, 4) is 0 Å². The summed E-state index contributed by atoms with van der Waals surface area (Å²) in [6.07, 6.45) is 5.14. The average Bonchev–Trinajstić information content (AvgIpc) is 2.67. The van der Waals surface area contributed by atoms with Crippen LogP contribution in [0.4, 0.5) is 0 Å². The molecule has 1 atom stereocenters. The second kappa shape index (κ2) is 6.96. The normalized spacial score (nSPS) is 20.3. The molecule has 1 aromatic rings. The molecule has 1 saturated heterocycles. The number of aryl methyl sites for hydroxylation is 2. The Balaban J connectivity index is 1.84. The minimum absolute atomic E-state index is 0.802. The minimum atomic E-state index is 0.802. The summed E-state index contributed by atoms with van der Waals surface area (Å²) in [5, 5.41) is 8.90. The topological polar surface area (TPSA) is 29.9 Å². The van der Waals surface area contributed by atoms with Gasteiger partial charge in [0, 0.05) is 25.4 Å². The van der Waals surface area contributed by atoms with E-state index in [-0.39, 0.29) is 0 Å². The van der Waals surface area contributed by atoms with Crippen LogP contribution in [0.1, 0.15) is 37.6 Å². The third kappa shape index (κ3) is 3.52. The van der Waals surface area contributed by atoms with Crippen LogP contribution in [0.15, 0.2) is 4.47 Å². The first-order chi connectivity index (χ1) is 8.72. The molecule has 2 rings (SSSR count). The van der Waals surface area contributed by atoms with Crippen molar-refractivity contribution in [2.75, 3.05) is 12.3 Å². The van der Waals surface area contributed by atoms with Crippen LogP contribution in [0, 0.1) is 0 Å². The molecule has 1 aromatic heterocycles. The Hall–Kier alpha value is -0.000000000000000111. The van der Waals surface area contributed by atoms with Crippen LogP contribution in [-0.2, 0) is 20.0 Å². The van der Waals surface area contributed by atoms with Gasteiger partial charge in [-0.1, -0.05) is 13.3 Å². The molecule has 5 heteroatoms. The van der Waals surface area contributed by atoms with Crippen molar-refractivity contribution in [1.82, 2.24) is 15.1 Å². The van der Waals surface area contributed by atoms with Crippen LogP contribution in [0.2, 0.25) is 0 Å². The van der Waals surface area contributed by atoms with Gasteiger partial charge >= 0.3 is 0 Å². The molecule has 1 N–H and O–H groups in total. The number of rotatable bonds is 5. The number of aromatic nitrogens is 2. The number of halogens is 1. The summed E-state index contributed by atoms with van der Waals surface area (Å²) in [5.41, 5.74) is 2.41. The van der Waals surface area contributed by atoms with Crippen molar-refractivity contribution < 1.29 is 0 Å². The molecule has 0 radical (unpaired) electrons. The van der Waals surface area contributed by atoms with E-state index in [2.05, 4.69) is 45.0 Å². The maximum absolute atomic E-state index is 4.52. The van der Waals surface area contributed by atoms with Crippen LogP contribution < -0.4 is 5.32 Å². The molecule has 1 fully saturated rings. The SMILES string of the molecule is CCc1nn(C)c(CNCC2CCCCS2)c1Br. The smallest absolute Gasteiger partial charge is 0.0767 e. The van der Waals surface area contributed by atoms with Crippen LogP contribution >= 0.6 is 27.7 Å². The fourth-order valence-electron chi connectivity index (χ4n) is 2.33. The summed E-state index contributed by atoms with van der Waals surface area (Å²) >= 11 is 5.78. The highest BCUT2D eigenvalue weighted by molar-refractivity contribution is 9.10. The van der Waals surface area contributed by atoms with Crippen molar-refractivity contribution in [1.29, 1.82) is 0 Å². The van der Waals surface area contributed by atoms with Gasteiger partial charge < -0.3 is 5.32 Å². The Bertz CT molecular complexity index is 386. The number of hydrogen-bond donors (Lipinski definition) is 1. The molecule has 18 heavy (non-hydrogen) atoms. The van der Waals surface area contributed by atoms with Gasteiger partial charge in [-0.2, -0.15) is 16.9 Å². The third-order valence-electron chi connectivity index (χ3n) is 3.44. The predicted molar refractivity (Wildman–Crippen MR) is 82.1 cm³/mol. The number of nitrogens with one attached hydrogen (secondary N) is 1. The van der Waals surface area contributed by atoms with E-state index in [1.165, 1.54) is 35.2 Å². The summed E-state index contributed by atoms with van der Waals surface area (Å²) in [4.78, 5) is 0. The second-order valence-electron chi connectivity index (χ2n) is 4.80. The fourth-order valence-corrected chi connectivity index (χ4v) is 4.36. The van der Waals surface area contributed by atoms with Gasteiger partial charge in [0.15, 0.2) is 0 Å². The second-order valence-corrected chi connectivity index (χ2v) is 7.01. The van der Waals surface area contributed by atoms with Gasteiger partial charge in [-0.05, 0) is 40.9 Å². The summed E-state index contributed by atoms with van der Waals surface area (Å²) in [7, 11) is 2.02. The van der Waals surface area contributed by atoms with Crippen molar-refractivity contribution in [3.63, 3.8) is 0 Å². The lowest BCUT2D eigenvalue weighted by Gasteiger charge is -2.21. The third-order valence-corrected chi connectivity index (χ3v) is 5.75. The van der Waals surface area contributed by atoms with Gasteiger partial charge in [-0.25, -0.2) is 0 Å². The van der Waals surface area contributed by atoms with Crippen LogP contribution in [-0.4, -0.2) is 27.3 Å². The maximum Gasteiger partial charge on any atom is 0.0767 e. The Kier molecular flexibility index (Phi) is 5.57. The first-order valence-electron chi connectivity index (χ1n) is 6.75. The van der Waals surface area contributed by atoms with E-state index >= 15 is 0 Å². The number of hydrogen-bond acceptors (Lipinski definition) is 3. The Morgan fingerprint density at radius 1 is 1.50 bits per heavy atom. The highest BCUT2D eigenvalue weighted by Crippen LogP contribution is 2.25. The highest BCUT2D eigenvalue weighted by atomic mass is 79.9. The Morgan fingerprint density at radius 3 is 2.94 bits per heavy atom. The molecule has 1 unspecified atom stereocenters. The van der Waals surface area contributed by atoms with Gasteiger partial charge in [-0.3, -0.25) is 4.68 Å². The fraction of sp³-hybridized carbons (Fsp3) is 0.769. The summed E-state index contributed by atoms with van der Waals surface area (Å²) in [6.45, 7) is 4.16. The molecule has 1 aliphatic rings. The van der Waals surface area contributed by atoms with Crippen LogP contribution in [0.3, 0.4) is 0 Å². The summed E-state index contributed by atoms with van der Waals surface area (Å²) in [5.74, 6) is 1.34. The molecule has 3 nitrogen and oxygen atoms in total. The molecule has 2 heterocycles. The lowest BCUT2D eigenvalue weighted by atomic mass is 10.2. The summed E-state index contributed by atoms with van der Waals surface area (Å²) in [6, 6.07) is 0. The van der Waals surface area contributed by atoms with Gasteiger partial charge in [0.25, 0.3) is 0 Å². The lowest BCUT2D eigenvalue weighted by Crippen LogP contribution is -2.27. The molecule has 0 spiro atoms. The monoisotopic (exact) mass is 331 g/mol. The molecular weight excluding hydrogens is 310 g/mol. The molecular formula is C13H22BrN3S. The molecule has 0 aliphatic carbocycles. The highest BCUT2D eigenvalue weighted by Gasteiger charge is 2.15. The van der Waals surface area contributed by atoms with Crippen molar-refractivity contribution in [2.45, 2.75) is 44.4 Å². The first kappa shape index (κ1) is 14.4. The first-order valence-corrected chi connectivity index (χ1v) is 8.59. The van der Waals surface area contributed by atoms with Crippen molar-refractivity contribution >= 4 is 27.7 Å². The lowest BCUT2D eigenvalue weighted by molar-refractivity contribution is 0.576. The Morgan fingerprint density at radius 2 is 2.33 bits per heavy atom. The molecule has 0 bridgehead atoms. The maximum atomic E-state index is 4.52. The molecule has 0 amide bonds. The van der Waals surface area contributed by atoms with Crippen LogP contribution in [0.5, 0.6) is 0 Å². The van der Waals surface area contributed by atoms with E-state index in [0.29, 0.717) is 0 Å². The zero-order valence-corrected chi connectivity index (χ0v) is 13.6. The van der Waals surface area contributed by atoms with E-state index in [0.717, 1.165) is 30.5 Å². The van der Waals surface area contributed by atoms with Crippen LogP contribution in [0.25, 0.3) is 0 Å². The van der Waals surface area contributed by atoms with Gasteiger partial charge in [0.05, 0.1) is 15.9 Å². The molecule has 102 valence electrons. The summed E-state index contributed by atoms with van der Waals surface area (Å²) < 4.78 is 3.17. The Labute approximate surface area is 122 Å². The molecule has 1 aliphatic heterocycles. The van der Waals surface area contributed by atoms with E-state index in [1.807, 2.05) is 11.7 Å². The average molecular weight is 332 g/mol. The number of nitrogens with zero attached hydrogens (tertiary/aromatic N) is 2. The quantitative estimate of drug-likeness (QED) is 0.898. The zero-order valence-electron chi connectivity index (χ0n) is 11.2. The van der Waals surface area contributed by atoms with E-state index in [1.54, 1.807) is 0 Å². The van der Waals surface area contributed by atoms with Crippen molar-refractivity contribution in [3.05, 3.63) is 15.9 Å². The largest absolute Gasteiger partial charge is 0.310 e.